The van der Waals surface area contributed by atoms with Gasteiger partial charge in [0.25, 0.3) is 0 Å². The van der Waals surface area contributed by atoms with Crippen LogP contribution in [0.1, 0.15) is 30.1 Å². The zero-order valence-corrected chi connectivity index (χ0v) is 13.4. The van der Waals surface area contributed by atoms with Crippen molar-refractivity contribution in [1.82, 2.24) is 5.32 Å². The number of benzene rings is 1. The second-order valence-electron chi connectivity index (χ2n) is 4.38. The fraction of sp³-hybridized carbons (Fsp3) is 0.429. The van der Waals surface area contributed by atoms with E-state index in [1.54, 1.807) is 6.07 Å². The summed E-state index contributed by atoms with van der Waals surface area (Å²) in [6.45, 7) is 3.86. The van der Waals surface area contributed by atoms with Gasteiger partial charge in [0, 0.05) is 29.9 Å². The number of carboxylic acid groups (broad SMARTS) is 1. The Morgan fingerprint density at radius 3 is 2.71 bits per heavy atom. The SMILES string of the molecule is CCCOCCCNC(=O)Nc1cc(Br)cc(C(=O)O)c1. The molecule has 0 spiro atoms. The number of hydrogen-bond acceptors (Lipinski definition) is 3. The summed E-state index contributed by atoms with van der Waals surface area (Å²) in [6.07, 6.45) is 1.70. The number of rotatable bonds is 8. The van der Waals surface area contributed by atoms with E-state index < -0.39 is 5.97 Å². The van der Waals surface area contributed by atoms with Crippen LogP contribution in [0.5, 0.6) is 0 Å². The molecule has 0 aliphatic heterocycles. The summed E-state index contributed by atoms with van der Waals surface area (Å²) in [5, 5.41) is 14.2. The van der Waals surface area contributed by atoms with Gasteiger partial charge in [0.15, 0.2) is 0 Å². The lowest BCUT2D eigenvalue weighted by molar-refractivity contribution is 0.0696. The second kappa shape index (κ2) is 9.36. The lowest BCUT2D eigenvalue weighted by Crippen LogP contribution is -2.30. The minimum atomic E-state index is -1.05. The summed E-state index contributed by atoms with van der Waals surface area (Å²) >= 11 is 3.21. The summed E-state index contributed by atoms with van der Waals surface area (Å²) in [6, 6.07) is 4.13. The third-order valence-corrected chi connectivity index (χ3v) is 2.96. The molecule has 6 nitrogen and oxygen atoms in total. The van der Waals surface area contributed by atoms with Crippen LogP contribution in [0.15, 0.2) is 22.7 Å². The fourth-order valence-corrected chi connectivity index (χ4v) is 2.08. The van der Waals surface area contributed by atoms with E-state index in [-0.39, 0.29) is 11.6 Å². The van der Waals surface area contributed by atoms with Crippen LogP contribution in [-0.2, 0) is 4.74 Å². The predicted molar refractivity (Wildman–Crippen MR) is 83.8 cm³/mol. The number of anilines is 1. The van der Waals surface area contributed by atoms with Crippen molar-refractivity contribution < 1.29 is 19.4 Å². The molecule has 0 aromatic heterocycles. The number of carbonyl (C=O) groups excluding carboxylic acids is 1. The van der Waals surface area contributed by atoms with Gasteiger partial charge in [0.1, 0.15) is 0 Å². The zero-order chi connectivity index (χ0) is 15.7. The van der Waals surface area contributed by atoms with Crippen LogP contribution in [0.2, 0.25) is 0 Å². The highest BCUT2D eigenvalue weighted by molar-refractivity contribution is 9.10. The smallest absolute Gasteiger partial charge is 0.335 e. The van der Waals surface area contributed by atoms with Crippen molar-refractivity contribution in [2.24, 2.45) is 0 Å². The van der Waals surface area contributed by atoms with Gasteiger partial charge in [-0.2, -0.15) is 0 Å². The first-order chi connectivity index (χ1) is 10.0. The Morgan fingerprint density at radius 1 is 1.29 bits per heavy atom. The van der Waals surface area contributed by atoms with Gasteiger partial charge in [-0.15, -0.1) is 0 Å². The summed E-state index contributed by atoms with van der Waals surface area (Å²) < 4.78 is 5.89. The third-order valence-electron chi connectivity index (χ3n) is 2.50. The third kappa shape index (κ3) is 7.10. The number of amides is 2. The number of halogens is 1. The second-order valence-corrected chi connectivity index (χ2v) is 5.30. The van der Waals surface area contributed by atoms with Crippen molar-refractivity contribution in [1.29, 1.82) is 0 Å². The molecule has 1 rings (SSSR count). The Balaban J connectivity index is 2.39. The van der Waals surface area contributed by atoms with Crippen LogP contribution in [0, 0.1) is 0 Å². The first kappa shape index (κ1) is 17.5. The van der Waals surface area contributed by atoms with Crippen LogP contribution < -0.4 is 10.6 Å². The monoisotopic (exact) mass is 358 g/mol. The topological polar surface area (TPSA) is 87.7 Å². The van der Waals surface area contributed by atoms with Gasteiger partial charge in [-0.1, -0.05) is 22.9 Å². The number of urea groups is 1. The van der Waals surface area contributed by atoms with Crippen LogP contribution in [0.25, 0.3) is 0 Å². The van der Waals surface area contributed by atoms with Gasteiger partial charge in [-0.25, -0.2) is 9.59 Å². The average molecular weight is 359 g/mol. The van der Waals surface area contributed by atoms with Crippen LogP contribution in [0.3, 0.4) is 0 Å². The first-order valence-corrected chi connectivity index (χ1v) is 7.48. The molecule has 0 aliphatic carbocycles. The minimum Gasteiger partial charge on any atom is -0.478 e. The average Bonchev–Trinajstić information content (AvgIpc) is 2.42. The maximum Gasteiger partial charge on any atom is 0.335 e. The lowest BCUT2D eigenvalue weighted by Gasteiger charge is -2.09. The van der Waals surface area contributed by atoms with Crippen LogP contribution in [0.4, 0.5) is 10.5 Å². The summed E-state index contributed by atoms with van der Waals surface area (Å²) in [5.74, 6) is -1.05. The summed E-state index contributed by atoms with van der Waals surface area (Å²) in [7, 11) is 0. The van der Waals surface area contributed by atoms with E-state index in [2.05, 4.69) is 26.6 Å². The molecule has 0 bridgehead atoms. The van der Waals surface area contributed by atoms with E-state index in [1.165, 1.54) is 12.1 Å². The molecule has 0 atom stereocenters. The van der Waals surface area contributed by atoms with Crippen molar-refractivity contribution in [2.75, 3.05) is 25.1 Å². The molecule has 1 aromatic rings. The van der Waals surface area contributed by atoms with E-state index in [1.807, 2.05) is 6.92 Å². The van der Waals surface area contributed by atoms with Gasteiger partial charge in [0.05, 0.1) is 5.56 Å². The maximum atomic E-state index is 11.7. The highest BCUT2D eigenvalue weighted by Gasteiger charge is 2.08. The van der Waals surface area contributed by atoms with Crippen molar-refractivity contribution in [3.8, 4) is 0 Å². The van der Waals surface area contributed by atoms with Gasteiger partial charge in [-0.05, 0) is 31.0 Å². The molecule has 0 saturated carbocycles. The summed E-state index contributed by atoms with van der Waals surface area (Å²) in [4.78, 5) is 22.6. The maximum absolute atomic E-state index is 11.7. The molecule has 7 heteroatoms. The fourth-order valence-electron chi connectivity index (χ4n) is 1.58. The number of hydrogen-bond donors (Lipinski definition) is 3. The quantitative estimate of drug-likeness (QED) is 0.623. The molecule has 3 N–H and O–H groups in total. The standard InChI is InChI=1S/C14H19BrN2O4/c1-2-5-21-6-3-4-16-14(20)17-12-8-10(13(18)19)7-11(15)9-12/h7-9H,2-6H2,1H3,(H,18,19)(H2,16,17,20). The summed E-state index contributed by atoms with van der Waals surface area (Å²) in [5.41, 5.74) is 0.522. The van der Waals surface area contributed by atoms with Crippen molar-refractivity contribution in [3.05, 3.63) is 28.2 Å². The molecule has 1 aromatic carbocycles. The number of aromatic carboxylic acids is 1. The molecule has 0 heterocycles. The van der Waals surface area contributed by atoms with E-state index in [0.29, 0.717) is 23.3 Å². The molecular formula is C14H19BrN2O4. The number of carboxylic acids is 1. The molecule has 21 heavy (non-hydrogen) atoms. The molecule has 0 unspecified atom stereocenters. The highest BCUT2D eigenvalue weighted by atomic mass is 79.9. The van der Waals surface area contributed by atoms with Gasteiger partial charge >= 0.3 is 12.0 Å². The Morgan fingerprint density at radius 2 is 2.05 bits per heavy atom. The van der Waals surface area contributed by atoms with Gasteiger partial charge in [0.2, 0.25) is 0 Å². The number of ether oxygens (including phenoxy) is 1. The van der Waals surface area contributed by atoms with Crippen molar-refractivity contribution >= 4 is 33.6 Å². The first-order valence-electron chi connectivity index (χ1n) is 6.69. The molecule has 2 amide bonds. The Kier molecular flexibility index (Phi) is 7.78. The molecule has 116 valence electrons. The lowest BCUT2D eigenvalue weighted by atomic mass is 10.2. The van der Waals surface area contributed by atoms with E-state index in [4.69, 9.17) is 9.84 Å². The van der Waals surface area contributed by atoms with Gasteiger partial charge in [-0.3, -0.25) is 0 Å². The van der Waals surface area contributed by atoms with E-state index >= 15 is 0 Å². The molecule has 0 saturated heterocycles. The number of nitrogens with one attached hydrogen (secondary N) is 2. The Hall–Kier alpha value is -1.60. The molecule has 0 aliphatic rings. The molecule has 0 fully saturated rings. The largest absolute Gasteiger partial charge is 0.478 e. The molecular weight excluding hydrogens is 340 g/mol. The number of carbonyl (C=O) groups is 2. The Bertz CT molecular complexity index is 494. The van der Waals surface area contributed by atoms with Crippen molar-refractivity contribution in [3.63, 3.8) is 0 Å². The molecule has 0 radical (unpaired) electrons. The zero-order valence-electron chi connectivity index (χ0n) is 11.8. The highest BCUT2D eigenvalue weighted by Crippen LogP contribution is 2.19. The van der Waals surface area contributed by atoms with Crippen molar-refractivity contribution in [2.45, 2.75) is 19.8 Å². The van der Waals surface area contributed by atoms with Gasteiger partial charge < -0.3 is 20.5 Å². The normalized spacial score (nSPS) is 10.2. The Labute approximate surface area is 132 Å². The van der Waals surface area contributed by atoms with E-state index in [9.17, 15) is 9.59 Å². The van der Waals surface area contributed by atoms with Crippen LogP contribution >= 0.6 is 15.9 Å². The minimum absolute atomic E-state index is 0.104. The predicted octanol–water partition coefficient (Wildman–Crippen LogP) is 3.09. The van der Waals surface area contributed by atoms with E-state index in [0.717, 1.165) is 19.4 Å². The van der Waals surface area contributed by atoms with Crippen LogP contribution in [-0.4, -0.2) is 36.9 Å².